The molecule has 1 aromatic carbocycles. The molecule has 1 aromatic heterocycles. The number of nitrogens with one attached hydrogen (secondary N) is 1. The van der Waals surface area contributed by atoms with Gasteiger partial charge in [-0.25, -0.2) is 4.68 Å². The van der Waals surface area contributed by atoms with Crippen molar-refractivity contribution in [3.8, 4) is 5.75 Å². The minimum atomic E-state index is -0.127. The van der Waals surface area contributed by atoms with Crippen molar-refractivity contribution in [2.45, 2.75) is 70.2 Å². The summed E-state index contributed by atoms with van der Waals surface area (Å²) in [7, 11) is 1.65. The molecule has 28 heavy (non-hydrogen) atoms. The van der Waals surface area contributed by atoms with Gasteiger partial charge < -0.3 is 14.8 Å². The predicted molar refractivity (Wildman–Crippen MR) is 104 cm³/mol. The molecule has 4 rings (SSSR count). The van der Waals surface area contributed by atoms with Gasteiger partial charge in [0.1, 0.15) is 11.9 Å². The first-order valence-corrected chi connectivity index (χ1v) is 10.2. The molecule has 2 aliphatic rings. The number of aromatic nitrogens is 3. The largest absolute Gasteiger partial charge is 0.497 e. The molecule has 0 spiro atoms. The summed E-state index contributed by atoms with van der Waals surface area (Å²) >= 11 is 0. The molecule has 7 nitrogen and oxygen atoms in total. The zero-order chi connectivity index (χ0) is 19.3. The van der Waals surface area contributed by atoms with Gasteiger partial charge in [-0.15, -0.1) is 5.10 Å². The van der Waals surface area contributed by atoms with Gasteiger partial charge in [-0.1, -0.05) is 49.5 Å². The molecule has 0 bridgehead atoms. The van der Waals surface area contributed by atoms with Crippen LogP contribution in [0.25, 0.3) is 0 Å². The molecular weight excluding hydrogens is 356 g/mol. The van der Waals surface area contributed by atoms with Crippen LogP contribution in [0.15, 0.2) is 24.3 Å². The molecule has 0 unspecified atom stereocenters. The number of nitrogens with zero attached hydrogens (tertiary/aromatic N) is 3. The predicted octanol–water partition coefficient (Wildman–Crippen LogP) is 3.40. The lowest BCUT2D eigenvalue weighted by atomic mass is 9.96. The fourth-order valence-corrected chi connectivity index (χ4v) is 4.06. The number of ether oxygens (including phenoxy) is 2. The standard InChI is InChI=1S/C21H28N4O3/c1-27-17-11-9-15(10-12-17)19-13-25-18(14-28-19)20(23-24-25)21(26)22-16-7-5-3-2-4-6-8-16/h9-12,16,19H,2-8,13-14H2,1H3,(H,22,26)/t19-/m1/s1. The van der Waals surface area contributed by atoms with Crippen molar-refractivity contribution in [1.29, 1.82) is 0 Å². The molecule has 1 atom stereocenters. The van der Waals surface area contributed by atoms with Gasteiger partial charge in [0.15, 0.2) is 5.69 Å². The van der Waals surface area contributed by atoms with Crippen LogP contribution in [-0.2, 0) is 17.9 Å². The summed E-state index contributed by atoms with van der Waals surface area (Å²) in [6.07, 6.45) is 8.17. The Hall–Kier alpha value is -2.41. The fourth-order valence-electron chi connectivity index (χ4n) is 4.06. The number of rotatable bonds is 4. The molecule has 1 amide bonds. The number of fused-ring (bicyclic) bond motifs is 1. The van der Waals surface area contributed by atoms with E-state index < -0.39 is 0 Å². The monoisotopic (exact) mass is 384 g/mol. The molecule has 1 saturated carbocycles. The molecule has 2 aromatic rings. The smallest absolute Gasteiger partial charge is 0.274 e. The van der Waals surface area contributed by atoms with Crippen molar-refractivity contribution in [3.63, 3.8) is 0 Å². The molecule has 7 heteroatoms. The number of methoxy groups -OCH3 is 1. The highest BCUT2D eigenvalue weighted by atomic mass is 16.5. The SMILES string of the molecule is COc1ccc([C@H]2Cn3nnc(C(=O)NC4CCCCCCC4)c3CO2)cc1. The second-order valence-corrected chi connectivity index (χ2v) is 7.66. The lowest BCUT2D eigenvalue weighted by Gasteiger charge is -2.25. The van der Waals surface area contributed by atoms with Gasteiger partial charge in [-0.2, -0.15) is 0 Å². The molecule has 0 saturated heterocycles. The first kappa shape index (κ1) is 18.9. The number of hydrogen-bond acceptors (Lipinski definition) is 5. The maximum atomic E-state index is 12.8. The van der Waals surface area contributed by atoms with Crippen LogP contribution in [0.2, 0.25) is 0 Å². The fraction of sp³-hybridized carbons (Fsp3) is 0.571. The van der Waals surface area contributed by atoms with Crippen molar-refractivity contribution >= 4 is 5.91 Å². The van der Waals surface area contributed by atoms with Crippen molar-refractivity contribution in [1.82, 2.24) is 20.3 Å². The summed E-state index contributed by atoms with van der Waals surface area (Å²) < 4.78 is 13.0. The summed E-state index contributed by atoms with van der Waals surface area (Å²) in [5.41, 5.74) is 2.21. The normalized spacial score (nSPS) is 20.7. The lowest BCUT2D eigenvalue weighted by Crippen LogP contribution is -2.36. The maximum absolute atomic E-state index is 12.8. The Kier molecular flexibility index (Phi) is 5.90. The minimum absolute atomic E-state index is 0.110. The van der Waals surface area contributed by atoms with Gasteiger partial charge in [-0.3, -0.25) is 4.79 Å². The summed E-state index contributed by atoms with van der Waals surface area (Å²) in [6, 6.07) is 8.07. The van der Waals surface area contributed by atoms with Crippen molar-refractivity contribution in [2.24, 2.45) is 0 Å². The highest BCUT2D eigenvalue weighted by molar-refractivity contribution is 5.93. The number of benzene rings is 1. The first-order chi connectivity index (χ1) is 13.7. The summed E-state index contributed by atoms with van der Waals surface area (Å²) in [4.78, 5) is 12.8. The Balaban J connectivity index is 1.42. The van der Waals surface area contributed by atoms with E-state index in [2.05, 4.69) is 15.6 Å². The van der Waals surface area contributed by atoms with Gasteiger partial charge in [0.05, 0.1) is 26.0 Å². The van der Waals surface area contributed by atoms with Crippen LogP contribution >= 0.6 is 0 Å². The van der Waals surface area contributed by atoms with Crippen LogP contribution in [0.5, 0.6) is 5.75 Å². The Morgan fingerprint density at radius 3 is 2.57 bits per heavy atom. The van der Waals surface area contributed by atoms with Gasteiger partial charge in [0.2, 0.25) is 0 Å². The van der Waals surface area contributed by atoms with E-state index in [1.54, 1.807) is 11.8 Å². The molecule has 1 aliphatic heterocycles. The van der Waals surface area contributed by atoms with Gasteiger partial charge >= 0.3 is 0 Å². The third kappa shape index (κ3) is 4.19. The average Bonchev–Trinajstić information content (AvgIpc) is 3.13. The van der Waals surface area contributed by atoms with Gasteiger partial charge in [0.25, 0.3) is 5.91 Å². The molecule has 150 valence electrons. The van der Waals surface area contributed by atoms with Crippen LogP contribution in [0.4, 0.5) is 0 Å². The Labute approximate surface area is 165 Å². The average molecular weight is 384 g/mol. The highest BCUT2D eigenvalue weighted by Crippen LogP contribution is 2.28. The highest BCUT2D eigenvalue weighted by Gasteiger charge is 2.28. The summed E-state index contributed by atoms with van der Waals surface area (Å²) in [6.45, 7) is 0.877. The van der Waals surface area contributed by atoms with E-state index >= 15 is 0 Å². The van der Waals surface area contributed by atoms with Crippen LogP contribution in [0, 0.1) is 0 Å². The zero-order valence-corrected chi connectivity index (χ0v) is 16.4. The second kappa shape index (κ2) is 8.73. The molecular formula is C21H28N4O3. The third-order valence-electron chi connectivity index (χ3n) is 5.74. The molecule has 0 radical (unpaired) electrons. The Morgan fingerprint density at radius 2 is 1.86 bits per heavy atom. The lowest BCUT2D eigenvalue weighted by molar-refractivity contribution is -0.00180. The Morgan fingerprint density at radius 1 is 1.14 bits per heavy atom. The molecule has 1 fully saturated rings. The minimum Gasteiger partial charge on any atom is -0.497 e. The molecule has 1 N–H and O–H groups in total. The topological polar surface area (TPSA) is 78.3 Å². The van der Waals surface area contributed by atoms with Crippen molar-refractivity contribution in [3.05, 3.63) is 41.2 Å². The van der Waals surface area contributed by atoms with Crippen LogP contribution in [0.1, 0.15) is 72.8 Å². The van der Waals surface area contributed by atoms with E-state index in [1.807, 2.05) is 24.3 Å². The van der Waals surface area contributed by atoms with Crippen LogP contribution in [0.3, 0.4) is 0 Å². The van der Waals surface area contributed by atoms with E-state index in [0.29, 0.717) is 18.8 Å². The van der Waals surface area contributed by atoms with Crippen molar-refractivity contribution < 1.29 is 14.3 Å². The van der Waals surface area contributed by atoms with Crippen LogP contribution < -0.4 is 10.1 Å². The summed E-state index contributed by atoms with van der Waals surface area (Å²) in [5, 5.41) is 11.5. The zero-order valence-electron chi connectivity index (χ0n) is 16.4. The van der Waals surface area contributed by atoms with E-state index in [1.165, 1.54) is 32.1 Å². The second-order valence-electron chi connectivity index (χ2n) is 7.66. The Bertz CT molecular complexity index is 794. The van der Waals surface area contributed by atoms with E-state index in [4.69, 9.17) is 9.47 Å². The maximum Gasteiger partial charge on any atom is 0.274 e. The number of hydrogen-bond donors (Lipinski definition) is 1. The molecule has 1 aliphatic carbocycles. The van der Waals surface area contributed by atoms with Gasteiger partial charge in [0, 0.05) is 6.04 Å². The number of carbonyl (C=O) groups excluding carboxylic acids is 1. The van der Waals surface area contributed by atoms with E-state index in [9.17, 15) is 4.79 Å². The molecule has 2 heterocycles. The first-order valence-electron chi connectivity index (χ1n) is 10.2. The van der Waals surface area contributed by atoms with Crippen LogP contribution in [-0.4, -0.2) is 34.1 Å². The van der Waals surface area contributed by atoms with Gasteiger partial charge in [-0.05, 0) is 30.5 Å². The number of amides is 1. The third-order valence-corrected chi connectivity index (χ3v) is 5.74. The van der Waals surface area contributed by atoms with Crippen molar-refractivity contribution in [2.75, 3.05) is 7.11 Å². The van der Waals surface area contributed by atoms with E-state index in [-0.39, 0.29) is 18.1 Å². The number of carbonyl (C=O) groups is 1. The summed E-state index contributed by atoms with van der Waals surface area (Å²) in [5.74, 6) is 0.687. The quantitative estimate of drug-likeness (QED) is 0.874. The van der Waals surface area contributed by atoms with E-state index in [0.717, 1.165) is 29.8 Å².